The molecule has 0 aromatic heterocycles. The predicted octanol–water partition coefficient (Wildman–Crippen LogP) is 0.394. The molecule has 1 aliphatic rings. The van der Waals surface area contributed by atoms with Gasteiger partial charge < -0.3 is 16.2 Å². The average molecular weight is 214 g/mol. The van der Waals surface area contributed by atoms with Crippen LogP contribution in [0, 0.1) is 5.41 Å². The van der Waals surface area contributed by atoms with Crippen LogP contribution >= 0.6 is 0 Å². The Kier molecular flexibility index (Phi) is 5.05. The molecule has 4 heteroatoms. The molecule has 1 saturated carbocycles. The van der Waals surface area contributed by atoms with Crippen molar-refractivity contribution in [2.24, 2.45) is 11.1 Å². The van der Waals surface area contributed by atoms with Crippen molar-refractivity contribution >= 4 is 5.91 Å². The Morgan fingerprint density at radius 3 is 2.67 bits per heavy atom. The largest absolute Gasteiger partial charge is 0.396 e. The van der Waals surface area contributed by atoms with Gasteiger partial charge in [0.1, 0.15) is 0 Å². The fraction of sp³-hybridized carbons (Fsp3) is 0.909. The molecule has 4 nitrogen and oxygen atoms in total. The van der Waals surface area contributed by atoms with E-state index in [-0.39, 0.29) is 17.9 Å². The Balaban J connectivity index is 2.06. The number of carbonyl (C=O) groups is 1. The molecule has 1 aliphatic carbocycles. The first-order valence-corrected chi connectivity index (χ1v) is 5.80. The lowest BCUT2D eigenvalue weighted by Gasteiger charge is -2.14. The monoisotopic (exact) mass is 214 g/mol. The summed E-state index contributed by atoms with van der Waals surface area (Å²) in [5.41, 5.74) is 5.57. The fourth-order valence-corrected chi connectivity index (χ4v) is 1.73. The van der Waals surface area contributed by atoms with E-state index in [0.29, 0.717) is 13.0 Å². The van der Waals surface area contributed by atoms with Gasteiger partial charge in [0, 0.05) is 19.6 Å². The van der Waals surface area contributed by atoms with E-state index in [1.807, 2.05) is 0 Å². The van der Waals surface area contributed by atoms with Gasteiger partial charge in [0.25, 0.3) is 0 Å². The van der Waals surface area contributed by atoms with Gasteiger partial charge in [-0.25, -0.2) is 0 Å². The zero-order valence-corrected chi connectivity index (χ0v) is 9.30. The Morgan fingerprint density at radius 1 is 1.40 bits per heavy atom. The summed E-state index contributed by atoms with van der Waals surface area (Å²) in [4.78, 5) is 11.4. The van der Waals surface area contributed by atoms with Crippen molar-refractivity contribution in [1.82, 2.24) is 5.32 Å². The summed E-state index contributed by atoms with van der Waals surface area (Å²) in [5, 5.41) is 11.8. The van der Waals surface area contributed by atoms with E-state index >= 15 is 0 Å². The molecule has 0 saturated heterocycles. The molecule has 1 amide bonds. The van der Waals surface area contributed by atoms with Gasteiger partial charge in [0.05, 0.1) is 0 Å². The number of nitrogens with one attached hydrogen (secondary N) is 1. The van der Waals surface area contributed by atoms with Gasteiger partial charge in [0.15, 0.2) is 0 Å². The summed E-state index contributed by atoms with van der Waals surface area (Å²) in [6.07, 6.45) is 5.44. The van der Waals surface area contributed by atoms with E-state index in [2.05, 4.69) is 5.32 Å². The number of amides is 1. The smallest absolute Gasteiger partial charge is 0.220 e. The zero-order chi connectivity index (χ0) is 11.1. The minimum atomic E-state index is 0.118. The van der Waals surface area contributed by atoms with Crippen LogP contribution in [0.1, 0.15) is 38.5 Å². The van der Waals surface area contributed by atoms with Crippen LogP contribution in [0.5, 0.6) is 0 Å². The van der Waals surface area contributed by atoms with E-state index in [1.54, 1.807) is 0 Å². The topological polar surface area (TPSA) is 75.4 Å². The SMILES string of the molecule is NCCCCC(=O)NCC1(CCO)CC1. The molecule has 1 fully saturated rings. The molecular formula is C11H22N2O2. The molecule has 0 heterocycles. The molecule has 0 bridgehead atoms. The maximum atomic E-state index is 11.4. The van der Waals surface area contributed by atoms with Crippen molar-refractivity contribution in [3.63, 3.8) is 0 Å². The van der Waals surface area contributed by atoms with Crippen molar-refractivity contribution < 1.29 is 9.90 Å². The third-order valence-electron chi connectivity index (χ3n) is 3.12. The second kappa shape index (κ2) is 6.08. The summed E-state index contributed by atoms with van der Waals surface area (Å²) in [5.74, 6) is 0.118. The first-order valence-electron chi connectivity index (χ1n) is 5.80. The van der Waals surface area contributed by atoms with E-state index in [4.69, 9.17) is 10.8 Å². The standard InChI is InChI=1S/C11H22N2O2/c12-7-2-1-3-10(15)13-9-11(4-5-11)6-8-14/h14H,1-9,12H2,(H,13,15). The van der Waals surface area contributed by atoms with Crippen LogP contribution in [-0.2, 0) is 4.79 Å². The fourth-order valence-electron chi connectivity index (χ4n) is 1.73. The number of unbranched alkanes of at least 4 members (excludes halogenated alkanes) is 1. The highest BCUT2D eigenvalue weighted by molar-refractivity contribution is 5.75. The van der Waals surface area contributed by atoms with E-state index in [0.717, 1.165) is 38.6 Å². The number of hydrogen-bond donors (Lipinski definition) is 3. The summed E-state index contributed by atoms with van der Waals surface area (Å²) in [7, 11) is 0. The second-order valence-corrected chi connectivity index (χ2v) is 4.50. The first-order chi connectivity index (χ1) is 7.22. The van der Waals surface area contributed by atoms with Crippen LogP contribution in [-0.4, -0.2) is 30.7 Å². The van der Waals surface area contributed by atoms with Gasteiger partial charge in [-0.2, -0.15) is 0 Å². The third-order valence-corrected chi connectivity index (χ3v) is 3.12. The molecule has 0 aromatic rings. The van der Waals surface area contributed by atoms with Crippen molar-refractivity contribution in [2.75, 3.05) is 19.7 Å². The highest BCUT2D eigenvalue weighted by Crippen LogP contribution is 2.47. The normalized spacial score (nSPS) is 17.5. The van der Waals surface area contributed by atoms with Gasteiger partial charge in [-0.15, -0.1) is 0 Å². The summed E-state index contributed by atoms with van der Waals surface area (Å²) in [6.45, 7) is 1.61. The molecular weight excluding hydrogens is 192 g/mol. The zero-order valence-electron chi connectivity index (χ0n) is 9.30. The van der Waals surface area contributed by atoms with Crippen LogP contribution in [0.4, 0.5) is 0 Å². The molecule has 4 N–H and O–H groups in total. The molecule has 0 unspecified atom stereocenters. The molecule has 0 atom stereocenters. The number of nitrogens with two attached hydrogens (primary N) is 1. The highest BCUT2D eigenvalue weighted by Gasteiger charge is 2.41. The third kappa shape index (κ3) is 4.62. The van der Waals surface area contributed by atoms with Gasteiger partial charge in [-0.1, -0.05) is 0 Å². The molecule has 0 aromatic carbocycles. The quantitative estimate of drug-likeness (QED) is 0.512. The van der Waals surface area contributed by atoms with Gasteiger partial charge >= 0.3 is 0 Å². The molecule has 0 radical (unpaired) electrons. The number of hydrogen-bond acceptors (Lipinski definition) is 3. The maximum Gasteiger partial charge on any atom is 0.220 e. The summed E-state index contributed by atoms with van der Waals surface area (Å²) < 4.78 is 0. The lowest BCUT2D eigenvalue weighted by molar-refractivity contribution is -0.121. The number of aliphatic hydroxyl groups excluding tert-OH is 1. The molecule has 88 valence electrons. The van der Waals surface area contributed by atoms with Crippen molar-refractivity contribution in [2.45, 2.75) is 38.5 Å². The first kappa shape index (κ1) is 12.5. The van der Waals surface area contributed by atoms with Crippen LogP contribution in [0.15, 0.2) is 0 Å². The van der Waals surface area contributed by atoms with E-state index < -0.39 is 0 Å². The van der Waals surface area contributed by atoms with Gasteiger partial charge in [-0.3, -0.25) is 4.79 Å². The Hall–Kier alpha value is -0.610. The van der Waals surface area contributed by atoms with Crippen molar-refractivity contribution in [3.8, 4) is 0 Å². The Bertz CT molecular complexity index is 203. The van der Waals surface area contributed by atoms with Crippen molar-refractivity contribution in [1.29, 1.82) is 0 Å². The van der Waals surface area contributed by atoms with E-state index in [9.17, 15) is 4.79 Å². The molecule has 0 spiro atoms. The van der Waals surface area contributed by atoms with Crippen LogP contribution in [0.3, 0.4) is 0 Å². The van der Waals surface area contributed by atoms with Gasteiger partial charge in [-0.05, 0) is 44.1 Å². The summed E-state index contributed by atoms with van der Waals surface area (Å²) >= 11 is 0. The van der Waals surface area contributed by atoms with E-state index in [1.165, 1.54) is 0 Å². The van der Waals surface area contributed by atoms with Crippen molar-refractivity contribution in [3.05, 3.63) is 0 Å². The van der Waals surface area contributed by atoms with Gasteiger partial charge in [0.2, 0.25) is 5.91 Å². The molecule has 1 rings (SSSR count). The number of aliphatic hydroxyl groups is 1. The van der Waals surface area contributed by atoms with Crippen LogP contribution < -0.4 is 11.1 Å². The Morgan fingerprint density at radius 2 is 2.13 bits per heavy atom. The molecule has 15 heavy (non-hydrogen) atoms. The maximum absolute atomic E-state index is 11.4. The Labute approximate surface area is 91.2 Å². The second-order valence-electron chi connectivity index (χ2n) is 4.50. The average Bonchev–Trinajstić information content (AvgIpc) is 2.97. The van der Waals surface area contributed by atoms with Crippen LogP contribution in [0.2, 0.25) is 0 Å². The number of carbonyl (C=O) groups excluding carboxylic acids is 1. The molecule has 0 aliphatic heterocycles. The highest BCUT2D eigenvalue weighted by atomic mass is 16.3. The van der Waals surface area contributed by atoms with Crippen LogP contribution in [0.25, 0.3) is 0 Å². The minimum Gasteiger partial charge on any atom is -0.396 e. The summed E-state index contributed by atoms with van der Waals surface area (Å²) in [6, 6.07) is 0. The lowest BCUT2D eigenvalue weighted by Crippen LogP contribution is -2.30. The lowest BCUT2D eigenvalue weighted by atomic mass is 10.0. The predicted molar refractivity (Wildman–Crippen MR) is 59.3 cm³/mol. The number of rotatable bonds is 8. The minimum absolute atomic E-state index is 0.118.